The summed E-state index contributed by atoms with van der Waals surface area (Å²) in [6, 6.07) is 15.2. The van der Waals surface area contributed by atoms with E-state index in [2.05, 4.69) is 15.1 Å². The number of ether oxygens (including phenoxy) is 1. The summed E-state index contributed by atoms with van der Waals surface area (Å²) in [5, 5.41) is 3.98. The maximum atomic E-state index is 10.9. The highest BCUT2D eigenvalue weighted by atomic mass is 16.5. The lowest BCUT2D eigenvalue weighted by Crippen LogP contribution is -2.16. The van der Waals surface area contributed by atoms with E-state index in [9.17, 15) is 4.91 Å². The highest BCUT2D eigenvalue weighted by molar-refractivity contribution is 5.94. The molecule has 7 heteroatoms. The van der Waals surface area contributed by atoms with Gasteiger partial charge >= 0.3 is 0 Å². The van der Waals surface area contributed by atoms with Crippen LogP contribution in [0.25, 0.3) is 22.3 Å². The van der Waals surface area contributed by atoms with Gasteiger partial charge in [-0.3, -0.25) is 4.98 Å². The fourth-order valence-electron chi connectivity index (χ4n) is 3.84. The number of nitrogens with zero attached hydrogens (tertiary/aromatic N) is 5. The van der Waals surface area contributed by atoms with Crippen LogP contribution in [0.5, 0.6) is 5.75 Å². The Kier molecular flexibility index (Phi) is 4.55. The molecule has 148 valence electrons. The largest absolute Gasteiger partial charge is 0.494 e. The van der Waals surface area contributed by atoms with Crippen LogP contribution in [0, 0.1) is 4.91 Å². The van der Waals surface area contributed by atoms with Crippen molar-refractivity contribution in [1.82, 2.24) is 15.0 Å². The Hall–Kier alpha value is -3.87. The minimum Gasteiger partial charge on any atom is -0.494 e. The Morgan fingerprint density at radius 3 is 2.87 bits per heavy atom. The van der Waals surface area contributed by atoms with Crippen LogP contribution < -0.4 is 9.64 Å². The number of fused-ring (bicyclic) bond motifs is 2. The van der Waals surface area contributed by atoms with Crippen molar-refractivity contribution in [2.75, 3.05) is 18.1 Å². The molecule has 3 heterocycles. The highest BCUT2D eigenvalue weighted by Gasteiger charge is 2.25. The van der Waals surface area contributed by atoms with Crippen LogP contribution in [-0.2, 0) is 6.42 Å². The molecular formula is C23H19N5O2. The van der Waals surface area contributed by atoms with Crippen molar-refractivity contribution >= 4 is 28.1 Å². The van der Waals surface area contributed by atoms with Gasteiger partial charge in [0.1, 0.15) is 17.3 Å². The lowest BCUT2D eigenvalue weighted by atomic mass is 10.1. The summed E-state index contributed by atoms with van der Waals surface area (Å²) in [5.74, 6) is 2.21. The van der Waals surface area contributed by atoms with Crippen molar-refractivity contribution in [3.8, 4) is 17.1 Å². The summed E-state index contributed by atoms with van der Waals surface area (Å²) >= 11 is 0. The first-order valence-corrected chi connectivity index (χ1v) is 9.85. The average molecular weight is 397 g/mol. The van der Waals surface area contributed by atoms with E-state index in [1.54, 1.807) is 18.5 Å². The Labute approximate surface area is 173 Å². The summed E-state index contributed by atoms with van der Waals surface area (Å²) in [7, 11) is 0. The molecule has 0 bridgehead atoms. The minimum absolute atomic E-state index is 0.442. The van der Waals surface area contributed by atoms with E-state index in [0.717, 1.165) is 52.3 Å². The molecule has 0 radical (unpaired) electrons. The molecule has 4 aromatic rings. The fraction of sp³-hybridized carbons (Fsp3) is 0.174. The number of anilines is 2. The van der Waals surface area contributed by atoms with Crippen molar-refractivity contribution in [1.29, 1.82) is 0 Å². The van der Waals surface area contributed by atoms with E-state index >= 15 is 0 Å². The number of hydrogen-bond acceptors (Lipinski definition) is 7. The summed E-state index contributed by atoms with van der Waals surface area (Å²) < 4.78 is 5.72. The van der Waals surface area contributed by atoms with Gasteiger partial charge in [0, 0.05) is 35.6 Å². The third kappa shape index (κ3) is 3.14. The summed E-state index contributed by atoms with van der Waals surface area (Å²) in [5.41, 5.74) is 4.25. The smallest absolute Gasteiger partial charge is 0.163 e. The molecule has 0 amide bonds. The maximum absolute atomic E-state index is 10.9. The van der Waals surface area contributed by atoms with E-state index < -0.39 is 0 Å². The summed E-state index contributed by atoms with van der Waals surface area (Å²) in [6.07, 6.45) is 4.31. The molecule has 0 spiro atoms. The van der Waals surface area contributed by atoms with Gasteiger partial charge in [-0.25, -0.2) is 9.97 Å². The van der Waals surface area contributed by atoms with Crippen molar-refractivity contribution < 1.29 is 4.74 Å². The predicted molar refractivity (Wildman–Crippen MR) is 117 cm³/mol. The second-order valence-electron chi connectivity index (χ2n) is 7.03. The van der Waals surface area contributed by atoms with E-state index in [1.807, 2.05) is 49.4 Å². The molecule has 1 aliphatic heterocycles. The third-order valence-electron chi connectivity index (χ3n) is 5.20. The monoisotopic (exact) mass is 397 g/mol. The maximum Gasteiger partial charge on any atom is 0.163 e. The van der Waals surface area contributed by atoms with Crippen molar-refractivity contribution in [3.63, 3.8) is 0 Å². The van der Waals surface area contributed by atoms with Gasteiger partial charge in [0.15, 0.2) is 5.82 Å². The zero-order valence-electron chi connectivity index (χ0n) is 16.4. The number of pyridine rings is 1. The first-order chi connectivity index (χ1) is 14.8. The van der Waals surface area contributed by atoms with Gasteiger partial charge in [0.25, 0.3) is 0 Å². The normalized spacial score (nSPS) is 12.8. The highest BCUT2D eigenvalue weighted by Crippen LogP contribution is 2.40. The molecule has 2 aromatic heterocycles. The standard InChI is InChI=1S/C23H19N5O2/c1-2-30-18-6-7-20-19(13-18)23(26-22(25-20)16-4-3-10-24-14-16)28-11-9-15-12-17(27-29)5-8-21(15)28/h3-8,10,12-14H,2,9,11H2,1H3. The van der Waals surface area contributed by atoms with Crippen LogP contribution in [0.15, 0.2) is 66.1 Å². The molecule has 7 nitrogen and oxygen atoms in total. The molecule has 0 saturated carbocycles. The Morgan fingerprint density at radius 1 is 1.13 bits per heavy atom. The van der Waals surface area contributed by atoms with Crippen molar-refractivity contribution in [2.24, 2.45) is 5.18 Å². The number of hydrogen-bond donors (Lipinski definition) is 0. The molecule has 30 heavy (non-hydrogen) atoms. The van der Waals surface area contributed by atoms with Gasteiger partial charge in [0.05, 0.1) is 12.1 Å². The molecule has 5 rings (SSSR count). The Bertz CT molecular complexity index is 1240. The number of rotatable bonds is 5. The molecule has 0 saturated heterocycles. The predicted octanol–water partition coefficient (Wildman–Crippen LogP) is 5.18. The van der Waals surface area contributed by atoms with Gasteiger partial charge in [-0.2, -0.15) is 0 Å². The molecule has 1 aliphatic rings. The van der Waals surface area contributed by atoms with Crippen molar-refractivity contribution in [3.05, 3.63) is 71.4 Å². The first kappa shape index (κ1) is 18.2. The van der Waals surface area contributed by atoms with Crippen LogP contribution in [0.2, 0.25) is 0 Å². The third-order valence-corrected chi connectivity index (χ3v) is 5.20. The van der Waals surface area contributed by atoms with Crippen LogP contribution in [0.4, 0.5) is 17.2 Å². The van der Waals surface area contributed by atoms with Gasteiger partial charge in [0.2, 0.25) is 0 Å². The molecule has 2 aromatic carbocycles. The second kappa shape index (κ2) is 7.51. The van der Waals surface area contributed by atoms with Crippen LogP contribution in [0.3, 0.4) is 0 Å². The minimum atomic E-state index is 0.442. The molecular weight excluding hydrogens is 378 g/mol. The Morgan fingerprint density at radius 2 is 2.07 bits per heavy atom. The number of benzene rings is 2. The van der Waals surface area contributed by atoms with E-state index in [1.165, 1.54) is 0 Å². The second-order valence-corrected chi connectivity index (χ2v) is 7.03. The van der Waals surface area contributed by atoms with Crippen molar-refractivity contribution in [2.45, 2.75) is 13.3 Å². The quantitative estimate of drug-likeness (QED) is 0.432. The van der Waals surface area contributed by atoms with Gasteiger partial charge < -0.3 is 9.64 Å². The average Bonchev–Trinajstić information content (AvgIpc) is 3.22. The topological polar surface area (TPSA) is 80.6 Å². The van der Waals surface area contributed by atoms with Crippen LogP contribution >= 0.6 is 0 Å². The SMILES string of the molecule is CCOc1ccc2nc(-c3cccnc3)nc(N3CCc4cc(N=O)ccc43)c2c1. The Balaban J connectivity index is 1.71. The summed E-state index contributed by atoms with van der Waals surface area (Å²) in [6.45, 7) is 3.31. The lowest BCUT2D eigenvalue weighted by molar-refractivity contribution is 0.340. The van der Waals surface area contributed by atoms with Gasteiger partial charge in [-0.1, -0.05) is 0 Å². The molecule has 0 unspecified atom stereocenters. The molecule has 0 fully saturated rings. The first-order valence-electron chi connectivity index (χ1n) is 9.85. The van der Waals surface area contributed by atoms with Crippen LogP contribution in [0.1, 0.15) is 12.5 Å². The van der Waals surface area contributed by atoms with Gasteiger partial charge in [-0.15, -0.1) is 4.91 Å². The van der Waals surface area contributed by atoms with E-state index in [4.69, 9.17) is 14.7 Å². The number of aromatic nitrogens is 3. The molecule has 0 atom stereocenters. The molecule has 0 aliphatic carbocycles. The van der Waals surface area contributed by atoms with E-state index in [0.29, 0.717) is 18.1 Å². The lowest BCUT2D eigenvalue weighted by Gasteiger charge is -2.21. The fourth-order valence-corrected chi connectivity index (χ4v) is 3.84. The molecule has 0 N–H and O–H groups in total. The van der Waals surface area contributed by atoms with E-state index in [-0.39, 0.29) is 0 Å². The van der Waals surface area contributed by atoms with Crippen LogP contribution in [-0.4, -0.2) is 28.1 Å². The summed E-state index contributed by atoms with van der Waals surface area (Å²) in [4.78, 5) is 27.0. The number of nitroso groups, excluding NO2 is 1. The zero-order valence-corrected chi connectivity index (χ0v) is 16.4. The van der Waals surface area contributed by atoms with Gasteiger partial charge in [-0.05, 0) is 72.6 Å². The zero-order chi connectivity index (χ0) is 20.5.